The van der Waals surface area contributed by atoms with Crippen molar-refractivity contribution in [3.8, 4) is 5.75 Å². The molecule has 7 heteroatoms. The van der Waals surface area contributed by atoms with E-state index in [1.54, 1.807) is 24.3 Å². The molecule has 0 unspecified atom stereocenters. The Bertz CT molecular complexity index is 569. The highest BCUT2D eigenvalue weighted by Gasteiger charge is 2.21. The van der Waals surface area contributed by atoms with Crippen LogP contribution >= 0.6 is 0 Å². The summed E-state index contributed by atoms with van der Waals surface area (Å²) in [6.45, 7) is 3.58. The predicted octanol–water partition coefficient (Wildman–Crippen LogP) is 1.38. The number of ether oxygens (including phenoxy) is 1. The lowest BCUT2D eigenvalue weighted by Crippen LogP contribution is -2.43. The fourth-order valence-electron chi connectivity index (χ4n) is 1.70. The van der Waals surface area contributed by atoms with E-state index in [9.17, 15) is 13.2 Å². The summed E-state index contributed by atoms with van der Waals surface area (Å²) in [6.07, 6.45) is 1.86. The molecule has 0 bridgehead atoms. The molecule has 1 atom stereocenters. The number of anilines is 1. The molecule has 0 saturated carbocycles. The minimum atomic E-state index is -3.54. The molecule has 1 rings (SSSR count). The van der Waals surface area contributed by atoms with Crippen LogP contribution in [0.15, 0.2) is 24.3 Å². The minimum absolute atomic E-state index is 0.00905. The van der Waals surface area contributed by atoms with Crippen LogP contribution in [0.4, 0.5) is 5.69 Å². The number of carbonyl (C=O) groups excluding carboxylic acids is 1. The molecule has 0 aliphatic carbocycles. The summed E-state index contributed by atoms with van der Waals surface area (Å²) in [5, 5.41) is 2.75. The standard InChI is InChI=1S/C14H22N2O4S/c1-5-11(2)15-14(17)10-16(21(4,18)19)12-6-8-13(20-3)9-7-12/h6-9,11H,5,10H2,1-4H3,(H,15,17)/t11-/m1/s1. The van der Waals surface area contributed by atoms with Gasteiger partial charge in [-0.05, 0) is 37.6 Å². The van der Waals surface area contributed by atoms with Crippen LogP contribution in [0.5, 0.6) is 5.75 Å². The molecule has 1 N–H and O–H groups in total. The first kappa shape index (κ1) is 17.3. The molecule has 0 fully saturated rings. The van der Waals surface area contributed by atoms with Crippen LogP contribution in [0.25, 0.3) is 0 Å². The summed E-state index contributed by atoms with van der Waals surface area (Å²) in [5.41, 5.74) is 0.428. The normalized spacial score (nSPS) is 12.6. The molecular formula is C14H22N2O4S. The predicted molar refractivity (Wildman–Crippen MR) is 83.1 cm³/mol. The molecule has 6 nitrogen and oxygen atoms in total. The molecule has 1 amide bonds. The Hall–Kier alpha value is -1.76. The van der Waals surface area contributed by atoms with E-state index < -0.39 is 10.0 Å². The second-order valence-corrected chi connectivity index (χ2v) is 6.75. The van der Waals surface area contributed by atoms with E-state index in [-0.39, 0.29) is 18.5 Å². The van der Waals surface area contributed by atoms with Crippen LogP contribution in [0, 0.1) is 0 Å². The van der Waals surface area contributed by atoms with Gasteiger partial charge in [-0.25, -0.2) is 8.42 Å². The highest BCUT2D eigenvalue weighted by molar-refractivity contribution is 7.92. The van der Waals surface area contributed by atoms with Crippen molar-refractivity contribution in [2.45, 2.75) is 26.3 Å². The molecule has 1 aromatic carbocycles. The smallest absolute Gasteiger partial charge is 0.240 e. The highest BCUT2D eigenvalue weighted by atomic mass is 32.2. The number of methoxy groups -OCH3 is 1. The van der Waals surface area contributed by atoms with Crippen molar-refractivity contribution in [1.82, 2.24) is 5.32 Å². The van der Waals surface area contributed by atoms with Crippen molar-refractivity contribution in [2.75, 3.05) is 24.2 Å². The second kappa shape index (κ2) is 7.31. The summed E-state index contributed by atoms with van der Waals surface area (Å²) in [6, 6.07) is 6.53. The van der Waals surface area contributed by atoms with E-state index in [2.05, 4.69) is 5.32 Å². The zero-order valence-corrected chi connectivity index (χ0v) is 13.6. The first-order valence-electron chi connectivity index (χ1n) is 6.69. The molecule has 0 heterocycles. The number of nitrogens with zero attached hydrogens (tertiary/aromatic N) is 1. The van der Waals surface area contributed by atoms with Gasteiger partial charge in [0.05, 0.1) is 19.1 Å². The van der Waals surface area contributed by atoms with Crippen molar-refractivity contribution in [1.29, 1.82) is 0 Å². The largest absolute Gasteiger partial charge is 0.497 e. The number of hydrogen-bond acceptors (Lipinski definition) is 4. The minimum Gasteiger partial charge on any atom is -0.497 e. The molecule has 118 valence electrons. The van der Waals surface area contributed by atoms with Crippen molar-refractivity contribution < 1.29 is 17.9 Å². The van der Waals surface area contributed by atoms with Crippen LogP contribution in [0.2, 0.25) is 0 Å². The third kappa shape index (κ3) is 5.26. The van der Waals surface area contributed by atoms with E-state index in [4.69, 9.17) is 4.74 Å². The number of benzene rings is 1. The van der Waals surface area contributed by atoms with Gasteiger partial charge in [0.1, 0.15) is 12.3 Å². The van der Waals surface area contributed by atoms with Gasteiger partial charge in [0.2, 0.25) is 15.9 Å². The van der Waals surface area contributed by atoms with Crippen molar-refractivity contribution >= 4 is 21.6 Å². The summed E-state index contributed by atoms with van der Waals surface area (Å²) in [4.78, 5) is 11.9. The van der Waals surface area contributed by atoms with Gasteiger partial charge in [-0.2, -0.15) is 0 Å². The summed E-state index contributed by atoms with van der Waals surface area (Å²) in [5.74, 6) is 0.293. The average Bonchev–Trinajstić information content (AvgIpc) is 2.43. The van der Waals surface area contributed by atoms with Crippen molar-refractivity contribution in [2.24, 2.45) is 0 Å². The third-order valence-corrected chi connectivity index (χ3v) is 4.21. The van der Waals surface area contributed by atoms with Crippen LogP contribution in [-0.4, -0.2) is 40.3 Å². The Morgan fingerprint density at radius 2 is 1.90 bits per heavy atom. The van der Waals surface area contributed by atoms with E-state index >= 15 is 0 Å². The zero-order chi connectivity index (χ0) is 16.0. The van der Waals surface area contributed by atoms with Crippen molar-refractivity contribution in [3.63, 3.8) is 0 Å². The first-order valence-corrected chi connectivity index (χ1v) is 8.54. The fraction of sp³-hybridized carbons (Fsp3) is 0.500. The van der Waals surface area contributed by atoms with Crippen LogP contribution in [0.1, 0.15) is 20.3 Å². The Kier molecular flexibility index (Phi) is 6.02. The number of nitrogens with one attached hydrogen (secondary N) is 1. The van der Waals surface area contributed by atoms with Gasteiger partial charge in [-0.15, -0.1) is 0 Å². The summed E-state index contributed by atoms with van der Waals surface area (Å²) >= 11 is 0. The van der Waals surface area contributed by atoms with Gasteiger partial charge in [0.25, 0.3) is 0 Å². The topological polar surface area (TPSA) is 75.7 Å². The van der Waals surface area contributed by atoms with Gasteiger partial charge in [-0.3, -0.25) is 9.10 Å². The number of hydrogen-bond donors (Lipinski definition) is 1. The number of amides is 1. The number of rotatable bonds is 7. The maximum absolute atomic E-state index is 11.9. The Labute approximate surface area is 126 Å². The van der Waals surface area contributed by atoms with Gasteiger partial charge in [0.15, 0.2) is 0 Å². The SMILES string of the molecule is CC[C@@H](C)NC(=O)CN(c1ccc(OC)cc1)S(C)(=O)=O. The van der Waals surface area contributed by atoms with E-state index in [0.717, 1.165) is 17.0 Å². The molecule has 0 spiro atoms. The maximum atomic E-state index is 11.9. The van der Waals surface area contributed by atoms with Gasteiger partial charge in [0, 0.05) is 6.04 Å². The van der Waals surface area contributed by atoms with Crippen LogP contribution in [-0.2, 0) is 14.8 Å². The highest BCUT2D eigenvalue weighted by Crippen LogP contribution is 2.21. The molecule has 21 heavy (non-hydrogen) atoms. The van der Waals surface area contributed by atoms with Crippen LogP contribution in [0.3, 0.4) is 0 Å². The molecule has 1 aromatic rings. The Morgan fingerprint density at radius 3 is 2.33 bits per heavy atom. The molecule has 0 aliphatic rings. The molecular weight excluding hydrogens is 292 g/mol. The zero-order valence-electron chi connectivity index (χ0n) is 12.8. The lowest BCUT2D eigenvalue weighted by molar-refractivity contribution is -0.120. The van der Waals surface area contributed by atoms with E-state index in [1.807, 2.05) is 13.8 Å². The second-order valence-electron chi connectivity index (χ2n) is 4.84. The molecule has 0 aromatic heterocycles. The first-order chi connectivity index (χ1) is 9.77. The molecule has 0 saturated heterocycles. The maximum Gasteiger partial charge on any atom is 0.240 e. The van der Waals surface area contributed by atoms with Gasteiger partial charge in [-0.1, -0.05) is 6.92 Å². The Morgan fingerprint density at radius 1 is 1.33 bits per heavy atom. The lowest BCUT2D eigenvalue weighted by atomic mass is 10.2. The quantitative estimate of drug-likeness (QED) is 0.825. The Balaban J connectivity index is 2.93. The lowest BCUT2D eigenvalue weighted by Gasteiger charge is -2.23. The number of carbonyl (C=O) groups is 1. The molecule has 0 aliphatic heterocycles. The van der Waals surface area contributed by atoms with Gasteiger partial charge < -0.3 is 10.1 Å². The number of sulfonamides is 1. The third-order valence-electron chi connectivity index (χ3n) is 3.07. The average molecular weight is 314 g/mol. The molecule has 0 radical (unpaired) electrons. The van der Waals surface area contributed by atoms with Gasteiger partial charge >= 0.3 is 0 Å². The van der Waals surface area contributed by atoms with E-state index in [0.29, 0.717) is 11.4 Å². The monoisotopic (exact) mass is 314 g/mol. The fourth-order valence-corrected chi connectivity index (χ4v) is 2.56. The summed E-state index contributed by atoms with van der Waals surface area (Å²) < 4.78 is 29.9. The van der Waals surface area contributed by atoms with E-state index in [1.165, 1.54) is 7.11 Å². The summed E-state index contributed by atoms with van der Waals surface area (Å²) in [7, 11) is -2.01. The van der Waals surface area contributed by atoms with Crippen molar-refractivity contribution in [3.05, 3.63) is 24.3 Å². The van der Waals surface area contributed by atoms with Crippen LogP contribution < -0.4 is 14.4 Å².